The highest BCUT2D eigenvalue weighted by Crippen LogP contribution is 2.32. The third kappa shape index (κ3) is 2.99. The molecule has 3 rings (SSSR count). The highest BCUT2D eigenvalue weighted by molar-refractivity contribution is 9.10. The Hall–Kier alpha value is -1.07. The summed E-state index contributed by atoms with van der Waals surface area (Å²) in [6, 6.07) is 4.13. The van der Waals surface area contributed by atoms with Crippen LogP contribution in [0.15, 0.2) is 16.6 Å². The van der Waals surface area contributed by atoms with E-state index in [1.807, 2.05) is 6.07 Å². The van der Waals surface area contributed by atoms with E-state index < -0.39 is 0 Å². The van der Waals surface area contributed by atoms with Crippen LogP contribution in [0.1, 0.15) is 24.0 Å². The second-order valence-corrected chi connectivity index (χ2v) is 6.33. The van der Waals surface area contributed by atoms with Crippen LogP contribution in [-0.2, 0) is 17.8 Å². The van der Waals surface area contributed by atoms with Crippen molar-refractivity contribution in [3.63, 3.8) is 0 Å². The van der Waals surface area contributed by atoms with Gasteiger partial charge in [0.05, 0.1) is 12.5 Å². The van der Waals surface area contributed by atoms with Crippen LogP contribution >= 0.6 is 15.9 Å². The Morgan fingerprint density at radius 2 is 2.40 bits per heavy atom. The normalized spacial score (nSPS) is 21.1. The zero-order valence-electron chi connectivity index (χ0n) is 11.4. The van der Waals surface area contributed by atoms with E-state index in [0.29, 0.717) is 6.54 Å². The van der Waals surface area contributed by atoms with Gasteiger partial charge in [0.2, 0.25) is 5.91 Å². The largest absolute Gasteiger partial charge is 0.493 e. The predicted octanol–water partition coefficient (Wildman–Crippen LogP) is 2.00. The Morgan fingerprint density at radius 1 is 1.50 bits per heavy atom. The van der Waals surface area contributed by atoms with Crippen LogP contribution in [0.4, 0.5) is 0 Å². The summed E-state index contributed by atoms with van der Waals surface area (Å²) in [6.07, 6.45) is 3.00. The lowest BCUT2D eigenvalue weighted by Crippen LogP contribution is -2.40. The molecular formula is C15H19BrN2O2. The second-order valence-electron chi connectivity index (χ2n) is 5.41. The third-order valence-electron chi connectivity index (χ3n) is 3.95. The molecule has 4 nitrogen and oxygen atoms in total. The first kappa shape index (κ1) is 13.9. The zero-order chi connectivity index (χ0) is 13.9. The molecule has 0 aromatic heterocycles. The van der Waals surface area contributed by atoms with Gasteiger partial charge in [-0.1, -0.05) is 15.9 Å². The average molecular weight is 339 g/mol. The van der Waals surface area contributed by atoms with Crippen LogP contribution in [0.3, 0.4) is 0 Å². The molecule has 1 aromatic rings. The first-order valence-electron chi connectivity index (χ1n) is 7.16. The number of hydrogen-bond donors (Lipinski definition) is 2. The summed E-state index contributed by atoms with van der Waals surface area (Å²) in [5, 5.41) is 6.32. The number of carbonyl (C=O) groups excluding carboxylic acids is 1. The van der Waals surface area contributed by atoms with Crippen LogP contribution < -0.4 is 15.4 Å². The van der Waals surface area contributed by atoms with Gasteiger partial charge in [0.15, 0.2) is 0 Å². The van der Waals surface area contributed by atoms with Crippen molar-refractivity contribution >= 4 is 21.8 Å². The van der Waals surface area contributed by atoms with E-state index in [1.54, 1.807) is 0 Å². The molecule has 0 radical (unpaired) electrons. The summed E-state index contributed by atoms with van der Waals surface area (Å²) in [5.41, 5.74) is 2.28. The van der Waals surface area contributed by atoms with Gasteiger partial charge in [0, 0.05) is 29.5 Å². The molecule has 0 bridgehead atoms. The van der Waals surface area contributed by atoms with E-state index in [2.05, 4.69) is 32.6 Å². The van der Waals surface area contributed by atoms with E-state index in [4.69, 9.17) is 4.74 Å². The van der Waals surface area contributed by atoms with Gasteiger partial charge >= 0.3 is 0 Å². The number of fused-ring (bicyclic) bond motifs is 1. The van der Waals surface area contributed by atoms with Gasteiger partial charge in [-0.15, -0.1) is 0 Å². The van der Waals surface area contributed by atoms with E-state index >= 15 is 0 Å². The van der Waals surface area contributed by atoms with Gasteiger partial charge in [0.1, 0.15) is 5.75 Å². The molecule has 1 saturated heterocycles. The van der Waals surface area contributed by atoms with E-state index in [0.717, 1.165) is 54.7 Å². The maximum atomic E-state index is 12.2. The summed E-state index contributed by atoms with van der Waals surface area (Å²) in [6.45, 7) is 3.09. The summed E-state index contributed by atoms with van der Waals surface area (Å²) < 4.78 is 6.72. The Kier molecular flexibility index (Phi) is 4.27. The summed E-state index contributed by atoms with van der Waals surface area (Å²) >= 11 is 3.52. The van der Waals surface area contributed by atoms with Crippen molar-refractivity contribution in [2.24, 2.45) is 5.92 Å². The number of rotatable bonds is 3. The number of amides is 1. The molecule has 0 aliphatic carbocycles. The lowest BCUT2D eigenvalue weighted by atomic mass is 9.98. The van der Waals surface area contributed by atoms with Crippen molar-refractivity contribution in [3.05, 3.63) is 27.7 Å². The maximum Gasteiger partial charge on any atom is 0.224 e. The zero-order valence-corrected chi connectivity index (χ0v) is 13.0. The minimum absolute atomic E-state index is 0.102. The first-order chi connectivity index (χ1) is 9.74. The fraction of sp³-hybridized carbons (Fsp3) is 0.533. The fourth-order valence-corrected chi connectivity index (χ4v) is 3.43. The molecule has 0 unspecified atom stereocenters. The van der Waals surface area contributed by atoms with Gasteiger partial charge in [-0.3, -0.25) is 4.79 Å². The highest BCUT2D eigenvalue weighted by Gasteiger charge is 2.22. The monoisotopic (exact) mass is 338 g/mol. The van der Waals surface area contributed by atoms with E-state index in [1.165, 1.54) is 5.56 Å². The van der Waals surface area contributed by atoms with Gasteiger partial charge < -0.3 is 15.4 Å². The molecule has 20 heavy (non-hydrogen) atoms. The van der Waals surface area contributed by atoms with Gasteiger partial charge in [-0.05, 0) is 37.1 Å². The number of ether oxygens (including phenoxy) is 1. The van der Waals surface area contributed by atoms with Crippen molar-refractivity contribution in [1.82, 2.24) is 10.6 Å². The molecule has 2 aliphatic heterocycles. The van der Waals surface area contributed by atoms with Crippen molar-refractivity contribution in [3.8, 4) is 5.75 Å². The molecule has 1 atom stereocenters. The van der Waals surface area contributed by atoms with Crippen molar-refractivity contribution in [2.45, 2.75) is 25.8 Å². The lowest BCUT2D eigenvalue weighted by Gasteiger charge is -2.22. The molecule has 1 aromatic carbocycles. The molecule has 1 amide bonds. The number of carbonyl (C=O) groups is 1. The number of halogens is 1. The molecule has 2 aliphatic rings. The van der Waals surface area contributed by atoms with Crippen LogP contribution in [0.25, 0.3) is 0 Å². The summed E-state index contributed by atoms with van der Waals surface area (Å²) in [4.78, 5) is 12.2. The van der Waals surface area contributed by atoms with Gasteiger partial charge in [-0.2, -0.15) is 0 Å². The third-order valence-corrected chi connectivity index (χ3v) is 4.40. The van der Waals surface area contributed by atoms with Crippen LogP contribution in [0, 0.1) is 5.92 Å². The van der Waals surface area contributed by atoms with E-state index in [9.17, 15) is 4.79 Å². The number of piperidine rings is 1. The Balaban J connectivity index is 1.65. The molecule has 5 heteroatoms. The maximum absolute atomic E-state index is 12.2. The predicted molar refractivity (Wildman–Crippen MR) is 80.8 cm³/mol. The quantitative estimate of drug-likeness (QED) is 0.886. The second kappa shape index (κ2) is 6.14. The summed E-state index contributed by atoms with van der Waals surface area (Å²) in [5.74, 6) is 1.20. The van der Waals surface area contributed by atoms with Crippen molar-refractivity contribution < 1.29 is 9.53 Å². The number of benzene rings is 1. The van der Waals surface area contributed by atoms with Crippen molar-refractivity contribution in [2.75, 3.05) is 19.7 Å². The van der Waals surface area contributed by atoms with Gasteiger partial charge in [-0.25, -0.2) is 0 Å². The first-order valence-corrected chi connectivity index (χ1v) is 7.96. The fourth-order valence-electron chi connectivity index (χ4n) is 2.88. The Morgan fingerprint density at radius 3 is 3.20 bits per heavy atom. The minimum atomic E-state index is 0.102. The molecule has 108 valence electrons. The Bertz CT molecular complexity index is 513. The highest BCUT2D eigenvalue weighted by atomic mass is 79.9. The lowest BCUT2D eigenvalue weighted by molar-refractivity contribution is -0.125. The Labute approximate surface area is 127 Å². The van der Waals surface area contributed by atoms with Crippen LogP contribution in [0.5, 0.6) is 5.75 Å². The molecule has 1 fully saturated rings. The van der Waals surface area contributed by atoms with Gasteiger partial charge in [0.25, 0.3) is 0 Å². The summed E-state index contributed by atoms with van der Waals surface area (Å²) in [7, 11) is 0. The van der Waals surface area contributed by atoms with E-state index in [-0.39, 0.29) is 11.8 Å². The number of hydrogen-bond acceptors (Lipinski definition) is 3. The molecule has 0 saturated carbocycles. The number of nitrogens with one attached hydrogen (secondary N) is 2. The molecule has 2 heterocycles. The van der Waals surface area contributed by atoms with Crippen LogP contribution in [-0.4, -0.2) is 25.6 Å². The SMILES string of the molecule is O=C(NCc1cc(Br)cc2c1OCC2)[C@H]1CCCNC1. The average Bonchev–Trinajstić information content (AvgIpc) is 2.93. The van der Waals surface area contributed by atoms with Crippen molar-refractivity contribution in [1.29, 1.82) is 0 Å². The smallest absolute Gasteiger partial charge is 0.224 e. The molecule has 0 spiro atoms. The molecule has 2 N–H and O–H groups in total. The van der Waals surface area contributed by atoms with Crippen LogP contribution in [0.2, 0.25) is 0 Å². The topological polar surface area (TPSA) is 50.4 Å². The standard InChI is InChI=1S/C15H19BrN2O2/c16-13-6-10-3-5-20-14(10)12(7-13)9-18-15(19)11-2-1-4-17-8-11/h6-7,11,17H,1-5,8-9H2,(H,18,19)/t11-/m0/s1. The minimum Gasteiger partial charge on any atom is -0.493 e. The molecular weight excluding hydrogens is 320 g/mol.